The van der Waals surface area contributed by atoms with Crippen LogP contribution >= 0.6 is 0 Å². The molecule has 1 aromatic heterocycles. The molecule has 0 unspecified atom stereocenters. The van der Waals surface area contributed by atoms with Gasteiger partial charge < -0.3 is 5.11 Å². The van der Waals surface area contributed by atoms with Crippen LogP contribution in [0.5, 0.6) is 0 Å². The Balaban J connectivity index is 2.16. The maximum absolute atomic E-state index is 10.6. The molecule has 0 bridgehead atoms. The van der Waals surface area contributed by atoms with E-state index >= 15 is 0 Å². The number of aliphatic carboxylic acids is 1. The van der Waals surface area contributed by atoms with Gasteiger partial charge in [-0.1, -0.05) is 0 Å². The van der Waals surface area contributed by atoms with Crippen LogP contribution in [-0.4, -0.2) is 20.9 Å². The third-order valence-corrected chi connectivity index (χ3v) is 2.38. The van der Waals surface area contributed by atoms with E-state index in [-0.39, 0.29) is 0 Å². The largest absolute Gasteiger partial charge is 0.480 e. The summed E-state index contributed by atoms with van der Waals surface area (Å²) in [5.74, 6) is -0.257. The first-order valence-electron chi connectivity index (χ1n) is 4.46. The molecular formula is C9H12N2O2. The van der Waals surface area contributed by atoms with E-state index in [1.807, 2.05) is 6.07 Å². The summed E-state index contributed by atoms with van der Waals surface area (Å²) in [5.41, 5.74) is 1.04. The summed E-state index contributed by atoms with van der Waals surface area (Å²) in [6, 6.07) is 1.35. The molecule has 0 radical (unpaired) electrons. The van der Waals surface area contributed by atoms with E-state index in [1.165, 1.54) is 17.5 Å². The van der Waals surface area contributed by atoms with E-state index in [4.69, 9.17) is 5.11 Å². The van der Waals surface area contributed by atoms with Gasteiger partial charge in [-0.05, 0) is 25.8 Å². The van der Waals surface area contributed by atoms with Crippen molar-refractivity contribution in [2.24, 2.45) is 0 Å². The molecule has 1 aliphatic rings. The number of rotatable bonds is 3. The van der Waals surface area contributed by atoms with Gasteiger partial charge in [-0.25, -0.2) is 4.79 Å². The molecule has 0 aliphatic heterocycles. The van der Waals surface area contributed by atoms with Gasteiger partial charge in [0.15, 0.2) is 0 Å². The second-order valence-corrected chi connectivity index (χ2v) is 3.51. The lowest BCUT2D eigenvalue weighted by Crippen LogP contribution is -2.16. The summed E-state index contributed by atoms with van der Waals surface area (Å²) in [4.78, 5) is 10.6. The van der Waals surface area contributed by atoms with Crippen LogP contribution in [0.3, 0.4) is 0 Å². The predicted molar refractivity (Wildman–Crippen MR) is 46.5 cm³/mol. The maximum atomic E-state index is 10.6. The molecule has 1 atom stereocenters. The molecule has 1 saturated carbocycles. The van der Waals surface area contributed by atoms with E-state index in [0.717, 1.165) is 5.69 Å². The Morgan fingerprint density at radius 1 is 1.77 bits per heavy atom. The van der Waals surface area contributed by atoms with Crippen LogP contribution in [0.4, 0.5) is 0 Å². The Labute approximate surface area is 76.2 Å². The summed E-state index contributed by atoms with van der Waals surface area (Å²) in [6.45, 7) is 1.63. The average Bonchev–Trinajstić information content (AvgIpc) is 2.83. The van der Waals surface area contributed by atoms with Crippen molar-refractivity contribution >= 4 is 5.97 Å². The van der Waals surface area contributed by atoms with Crippen LogP contribution in [0.2, 0.25) is 0 Å². The zero-order valence-electron chi connectivity index (χ0n) is 7.47. The van der Waals surface area contributed by atoms with E-state index in [1.54, 1.807) is 13.1 Å². The van der Waals surface area contributed by atoms with Crippen molar-refractivity contribution in [3.8, 4) is 0 Å². The van der Waals surface area contributed by atoms with Crippen LogP contribution in [0.15, 0.2) is 12.3 Å². The molecule has 4 heteroatoms. The molecule has 0 aromatic carbocycles. The highest BCUT2D eigenvalue weighted by atomic mass is 16.4. The van der Waals surface area contributed by atoms with Gasteiger partial charge in [0.05, 0.1) is 5.69 Å². The van der Waals surface area contributed by atoms with Crippen molar-refractivity contribution in [3.63, 3.8) is 0 Å². The maximum Gasteiger partial charge on any atom is 0.328 e. The van der Waals surface area contributed by atoms with Gasteiger partial charge in [0.25, 0.3) is 0 Å². The summed E-state index contributed by atoms with van der Waals surface area (Å²) >= 11 is 0. The lowest BCUT2D eigenvalue weighted by atomic mass is 10.3. The van der Waals surface area contributed by atoms with Gasteiger partial charge in [0, 0.05) is 12.1 Å². The van der Waals surface area contributed by atoms with Gasteiger partial charge in [0.1, 0.15) is 6.04 Å². The fourth-order valence-electron chi connectivity index (χ4n) is 1.28. The molecule has 2 rings (SSSR count). The van der Waals surface area contributed by atoms with Crippen molar-refractivity contribution < 1.29 is 9.90 Å². The van der Waals surface area contributed by atoms with Gasteiger partial charge in [-0.2, -0.15) is 5.10 Å². The second kappa shape index (κ2) is 2.87. The molecule has 1 N–H and O–H groups in total. The second-order valence-electron chi connectivity index (χ2n) is 3.51. The van der Waals surface area contributed by atoms with E-state index in [9.17, 15) is 4.79 Å². The first kappa shape index (κ1) is 8.29. The standard InChI is InChI=1S/C9H12N2O2/c1-6(9(12)13)11-5-4-8(10-11)7-2-3-7/h4-7H,2-3H2,1H3,(H,12,13)/t6-/m0/s1. The highest BCUT2D eigenvalue weighted by Gasteiger charge is 2.26. The van der Waals surface area contributed by atoms with Crippen LogP contribution < -0.4 is 0 Å². The zero-order valence-corrected chi connectivity index (χ0v) is 7.47. The lowest BCUT2D eigenvalue weighted by molar-refractivity contribution is -0.140. The molecule has 1 fully saturated rings. The van der Waals surface area contributed by atoms with Crippen molar-refractivity contribution in [2.75, 3.05) is 0 Å². The Bertz CT molecular complexity index is 328. The van der Waals surface area contributed by atoms with Gasteiger partial charge >= 0.3 is 5.97 Å². The van der Waals surface area contributed by atoms with Gasteiger partial charge in [-0.15, -0.1) is 0 Å². The Morgan fingerprint density at radius 2 is 2.46 bits per heavy atom. The van der Waals surface area contributed by atoms with Crippen molar-refractivity contribution in [1.82, 2.24) is 9.78 Å². The summed E-state index contributed by atoms with van der Waals surface area (Å²) in [5, 5.41) is 13.0. The third-order valence-electron chi connectivity index (χ3n) is 2.38. The van der Waals surface area contributed by atoms with Crippen LogP contribution in [0, 0.1) is 0 Å². The highest BCUT2D eigenvalue weighted by Crippen LogP contribution is 2.38. The molecule has 4 nitrogen and oxygen atoms in total. The van der Waals surface area contributed by atoms with Crippen molar-refractivity contribution in [2.45, 2.75) is 31.7 Å². The van der Waals surface area contributed by atoms with Crippen LogP contribution in [0.25, 0.3) is 0 Å². The number of hydrogen-bond acceptors (Lipinski definition) is 2. The Morgan fingerprint density at radius 3 is 3.00 bits per heavy atom. The smallest absolute Gasteiger partial charge is 0.328 e. The number of carboxylic acids is 1. The molecule has 0 amide bonds. The molecule has 1 aromatic rings. The normalized spacial score (nSPS) is 18.5. The summed E-state index contributed by atoms with van der Waals surface area (Å²) < 4.78 is 1.51. The Kier molecular flexibility index (Phi) is 1.83. The Hall–Kier alpha value is -1.32. The minimum atomic E-state index is -0.842. The molecule has 1 heterocycles. The number of carbonyl (C=O) groups is 1. The molecule has 70 valence electrons. The molecule has 13 heavy (non-hydrogen) atoms. The van der Waals surface area contributed by atoms with E-state index in [2.05, 4.69) is 5.10 Å². The van der Waals surface area contributed by atoms with Crippen LogP contribution in [-0.2, 0) is 4.79 Å². The highest BCUT2D eigenvalue weighted by molar-refractivity contribution is 5.71. The molecule has 1 aliphatic carbocycles. The average molecular weight is 180 g/mol. The number of aromatic nitrogens is 2. The van der Waals surface area contributed by atoms with E-state index in [0.29, 0.717) is 5.92 Å². The number of hydrogen-bond donors (Lipinski definition) is 1. The third kappa shape index (κ3) is 1.56. The van der Waals surface area contributed by atoms with Gasteiger partial charge in [-0.3, -0.25) is 4.68 Å². The molecule has 0 spiro atoms. The van der Waals surface area contributed by atoms with Crippen molar-refractivity contribution in [1.29, 1.82) is 0 Å². The topological polar surface area (TPSA) is 55.1 Å². The summed E-state index contributed by atoms with van der Waals surface area (Å²) in [7, 11) is 0. The SMILES string of the molecule is C[C@@H](C(=O)O)n1ccc(C2CC2)n1. The minimum Gasteiger partial charge on any atom is -0.480 e. The quantitative estimate of drug-likeness (QED) is 0.765. The number of nitrogens with zero attached hydrogens (tertiary/aromatic N) is 2. The predicted octanol–water partition coefficient (Wildman–Crippen LogP) is 1.41. The van der Waals surface area contributed by atoms with Gasteiger partial charge in [0.2, 0.25) is 0 Å². The van der Waals surface area contributed by atoms with Crippen LogP contribution in [0.1, 0.15) is 37.4 Å². The first-order valence-corrected chi connectivity index (χ1v) is 4.46. The van der Waals surface area contributed by atoms with E-state index < -0.39 is 12.0 Å². The van der Waals surface area contributed by atoms with Crippen molar-refractivity contribution in [3.05, 3.63) is 18.0 Å². The zero-order chi connectivity index (χ0) is 9.42. The minimum absolute atomic E-state index is 0.563. The monoisotopic (exact) mass is 180 g/mol. The lowest BCUT2D eigenvalue weighted by Gasteiger charge is -2.05. The molecular weight excluding hydrogens is 168 g/mol. The first-order chi connectivity index (χ1) is 6.18. The fraction of sp³-hybridized carbons (Fsp3) is 0.556. The number of carboxylic acid groups (broad SMARTS) is 1. The summed E-state index contributed by atoms with van der Waals surface area (Å²) in [6.07, 6.45) is 4.13. The molecule has 0 saturated heterocycles. The fourth-order valence-corrected chi connectivity index (χ4v) is 1.28.